The van der Waals surface area contributed by atoms with Crippen LogP contribution in [0.1, 0.15) is 58.8 Å². The van der Waals surface area contributed by atoms with Crippen molar-refractivity contribution in [3.8, 4) is 5.75 Å². The monoisotopic (exact) mass is 514 g/mol. The van der Waals surface area contributed by atoms with Crippen LogP contribution < -0.4 is 15.4 Å². The molecule has 1 amide bonds. The van der Waals surface area contributed by atoms with Gasteiger partial charge in [-0.3, -0.25) is 0 Å². The number of rotatable bonds is 12. The van der Waals surface area contributed by atoms with Crippen molar-refractivity contribution in [1.29, 1.82) is 0 Å². The van der Waals surface area contributed by atoms with Gasteiger partial charge < -0.3 is 0 Å². The molecule has 1 aromatic carbocycles. The molecule has 0 radical (unpaired) electrons. The number of nitrogens with one attached hydrogen (secondary N) is 1. The number of esters is 1. The standard InChI is InChI=1S/C22H35AsN2O7/c1-4-5-6-7-16(10-11-24)17-13-22(14-17,21(28)31-3)32-23(29,30)18-8-9-20(27)19(12-18)25-15(2)26/h8-9,12,16-17,27H,4-7,10-11,13-14,24H2,1-3H3,(H,25,26)(H,29,30). The second-order valence-corrected chi connectivity index (χ2v) is 12.1. The van der Waals surface area contributed by atoms with Gasteiger partial charge in [0.2, 0.25) is 0 Å². The van der Waals surface area contributed by atoms with E-state index in [1.807, 2.05) is 0 Å². The fourth-order valence-electron chi connectivity index (χ4n) is 4.35. The Kier molecular flexibility index (Phi) is 9.39. The third kappa shape index (κ3) is 6.38. The van der Waals surface area contributed by atoms with Crippen LogP contribution in [0, 0.1) is 11.8 Å². The van der Waals surface area contributed by atoms with Gasteiger partial charge in [-0.25, -0.2) is 0 Å². The summed E-state index contributed by atoms with van der Waals surface area (Å²) >= 11 is -5.23. The van der Waals surface area contributed by atoms with Gasteiger partial charge in [-0.2, -0.15) is 0 Å². The minimum atomic E-state index is -5.23. The van der Waals surface area contributed by atoms with Crippen LogP contribution in [0.5, 0.6) is 5.75 Å². The molecule has 1 aromatic rings. The molecule has 180 valence electrons. The van der Waals surface area contributed by atoms with E-state index >= 15 is 0 Å². The van der Waals surface area contributed by atoms with Crippen molar-refractivity contribution < 1.29 is 31.0 Å². The van der Waals surface area contributed by atoms with Gasteiger partial charge in [0.15, 0.2) is 0 Å². The zero-order valence-corrected chi connectivity index (χ0v) is 20.9. The van der Waals surface area contributed by atoms with Gasteiger partial charge in [-0.05, 0) is 0 Å². The van der Waals surface area contributed by atoms with Gasteiger partial charge >= 0.3 is 192 Å². The third-order valence-electron chi connectivity index (χ3n) is 6.04. The molecule has 1 fully saturated rings. The number of hydrogen-bond donors (Lipinski definition) is 4. The zero-order valence-electron chi connectivity index (χ0n) is 19.0. The molecule has 0 saturated heterocycles. The number of carbonyl (C=O) groups excluding carboxylic acids is 2. The number of aromatic hydroxyl groups is 1. The Bertz CT molecular complexity index is 855. The first-order chi connectivity index (χ1) is 15.1. The molecule has 2 unspecified atom stereocenters. The number of nitrogens with two attached hydrogens (primary N) is 1. The predicted molar refractivity (Wildman–Crippen MR) is 121 cm³/mol. The van der Waals surface area contributed by atoms with Gasteiger partial charge in [0.05, 0.1) is 0 Å². The molecule has 32 heavy (non-hydrogen) atoms. The maximum absolute atomic E-state index is 13.2. The van der Waals surface area contributed by atoms with Crippen LogP contribution in [0.4, 0.5) is 5.69 Å². The number of benzene rings is 1. The van der Waals surface area contributed by atoms with E-state index < -0.39 is 31.7 Å². The Hall–Kier alpha value is -1.80. The van der Waals surface area contributed by atoms with E-state index in [9.17, 15) is 22.5 Å². The molecular formula is C22H35AsN2O7. The van der Waals surface area contributed by atoms with Crippen LogP contribution in [0.15, 0.2) is 18.2 Å². The third-order valence-corrected chi connectivity index (χ3v) is 9.24. The maximum atomic E-state index is 13.2. The fourth-order valence-corrected chi connectivity index (χ4v) is 7.20. The molecule has 1 aliphatic rings. The molecule has 1 aliphatic carbocycles. The molecule has 2 rings (SSSR count). The van der Waals surface area contributed by atoms with Gasteiger partial charge in [0.1, 0.15) is 0 Å². The van der Waals surface area contributed by atoms with Gasteiger partial charge in [0.25, 0.3) is 0 Å². The molecular weight excluding hydrogens is 479 g/mol. The summed E-state index contributed by atoms with van der Waals surface area (Å²) in [6.07, 6.45) is 5.71. The average Bonchev–Trinajstić information content (AvgIpc) is 2.70. The summed E-state index contributed by atoms with van der Waals surface area (Å²) in [6.45, 7) is 3.94. The molecule has 0 aromatic heterocycles. The molecule has 2 atom stereocenters. The minimum absolute atomic E-state index is 0.00757. The zero-order chi connectivity index (χ0) is 23.9. The summed E-state index contributed by atoms with van der Waals surface area (Å²) in [6, 6.07) is 3.65. The molecule has 9 nitrogen and oxygen atoms in total. The number of hydrogen-bond acceptors (Lipinski definition) is 7. The van der Waals surface area contributed by atoms with Gasteiger partial charge in [-0.1, -0.05) is 0 Å². The summed E-state index contributed by atoms with van der Waals surface area (Å²) in [5.74, 6) is -0.897. The van der Waals surface area contributed by atoms with Crippen molar-refractivity contribution in [3.05, 3.63) is 18.2 Å². The first kappa shape index (κ1) is 26.5. The van der Waals surface area contributed by atoms with Crippen molar-refractivity contribution in [2.45, 2.75) is 64.4 Å². The number of methoxy groups -OCH3 is 1. The summed E-state index contributed by atoms with van der Waals surface area (Å²) in [4.78, 5) is 23.9. The summed E-state index contributed by atoms with van der Waals surface area (Å²) in [7, 11) is 1.23. The van der Waals surface area contributed by atoms with Crippen molar-refractivity contribution in [2.75, 3.05) is 19.0 Å². The Balaban J connectivity index is 2.22. The molecule has 0 bridgehead atoms. The molecule has 1 saturated carbocycles. The van der Waals surface area contributed by atoms with Crippen molar-refractivity contribution in [1.82, 2.24) is 0 Å². The van der Waals surface area contributed by atoms with E-state index in [4.69, 9.17) is 14.2 Å². The Morgan fingerprint density at radius 1 is 1.31 bits per heavy atom. The first-order valence-electron chi connectivity index (χ1n) is 11.0. The predicted octanol–water partition coefficient (Wildman–Crippen LogP) is 1.80. The van der Waals surface area contributed by atoms with Crippen LogP contribution in [-0.4, -0.2) is 54.5 Å². The van der Waals surface area contributed by atoms with E-state index in [-0.39, 0.29) is 21.7 Å². The van der Waals surface area contributed by atoms with Crippen molar-refractivity contribution >= 4 is 36.1 Å². The summed E-state index contributed by atoms with van der Waals surface area (Å²) in [5, 5.41) is 12.3. The van der Waals surface area contributed by atoms with Crippen LogP contribution in [-0.2, 0) is 21.8 Å². The number of phenolic OH excluding ortho intramolecular Hbond substituents is 1. The first-order valence-corrected chi connectivity index (χ1v) is 14.3. The van der Waals surface area contributed by atoms with Crippen LogP contribution in [0.3, 0.4) is 0 Å². The summed E-state index contributed by atoms with van der Waals surface area (Å²) < 4.78 is 34.4. The molecule has 0 spiro atoms. The quantitative estimate of drug-likeness (QED) is 0.143. The van der Waals surface area contributed by atoms with E-state index in [0.29, 0.717) is 25.3 Å². The van der Waals surface area contributed by atoms with E-state index in [0.717, 1.165) is 32.1 Å². The Morgan fingerprint density at radius 2 is 2.00 bits per heavy atom. The molecule has 10 heteroatoms. The number of ether oxygens (including phenoxy) is 1. The molecule has 0 aliphatic heterocycles. The number of unbranched alkanes of at least 4 members (excludes halogenated alkanes) is 2. The molecule has 0 heterocycles. The van der Waals surface area contributed by atoms with Crippen molar-refractivity contribution in [2.24, 2.45) is 17.6 Å². The van der Waals surface area contributed by atoms with Gasteiger partial charge in [0, 0.05) is 0 Å². The van der Waals surface area contributed by atoms with Crippen LogP contribution in [0.2, 0.25) is 0 Å². The summed E-state index contributed by atoms with van der Waals surface area (Å²) in [5.41, 5.74) is 4.29. The Labute approximate surface area is 192 Å². The number of carbonyl (C=O) groups is 2. The number of anilines is 1. The van der Waals surface area contributed by atoms with Crippen LogP contribution in [0.25, 0.3) is 0 Å². The van der Waals surface area contributed by atoms with E-state index in [2.05, 4.69) is 12.2 Å². The normalized spacial score (nSPS) is 23.0. The SMILES string of the molecule is CCCCCC(CCN)C1CC(O[As](=O)(O)c2ccc(O)c(NC(C)=O)c2)(C(=O)OC)C1. The Morgan fingerprint density at radius 3 is 2.56 bits per heavy atom. The fraction of sp³-hybridized carbons (Fsp3) is 0.636. The second kappa shape index (κ2) is 11.4. The van der Waals surface area contributed by atoms with Gasteiger partial charge in [-0.15, -0.1) is 0 Å². The molecule has 5 N–H and O–H groups in total. The van der Waals surface area contributed by atoms with E-state index in [1.54, 1.807) is 0 Å². The topological polar surface area (TPSA) is 148 Å². The van der Waals surface area contributed by atoms with Crippen LogP contribution >= 0.6 is 0 Å². The van der Waals surface area contributed by atoms with E-state index in [1.165, 1.54) is 32.2 Å². The average molecular weight is 514 g/mol. The number of phenols is 1. The second-order valence-electron chi connectivity index (χ2n) is 8.48. The number of amides is 1. The van der Waals surface area contributed by atoms with Crippen molar-refractivity contribution in [3.63, 3.8) is 0 Å².